The molecule has 3 rings (SSSR count). The fourth-order valence-corrected chi connectivity index (χ4v) is 2.04. The second-order valence-corrected chi connectivity index (χ2v) is 4.59. The maximum atomic E-state index is 10.8. The average molecular weight is 315 g/mol. The molecule has 0 saturated carbocycles. The summed E-state index contributed by atoms with van der Waals surface area (Å²) in [5.74, 6) is 0.109. The van der Waals surface area contributed by atoms with Crippen molar-refractivity contribution in [3.8, 4) is 11.3 Å². The summed E-state index contributed by atoms with van der Waals surface area (Å²) in [4.78, 5) is 24.0. The molecule has 0 aliphatic carbocycles. The Balaban J connectivity index is 1.81. The van der Waals surface area contributed by atoms with E-state index < -0.39 is 9.85 Å². The van der Waals surface area contributed by atoms with Crippen LogP contribution in [0.1, 0.15) is 5.76 Å². The van der Waals surface area contributed by atoms with E-state index in [0.29, 0.717) is 17.0 Å². The van der Waals surface area contributed by atoms with Crippen molar-refractivity contribution in [1.82, 2.24) is 14.7 Å². The Hall–Kier alpha value is -3.56. The Morgan fingerprint density at radius 2 is 1.87 bits per heavy atom. The minimum atomic E-state index is -0.590. The van der Waals surface area contributed by atoms with Crippen LogP contribution in [0.25, 0.3) is 11.3 Å². The molecule has 10 nitrogen and oxygen atoms in total. The summed E-state index contributed by atoms with van der Waals surface area (Å²) in [6, 6.07) is 7.46. The van der Waals surface area contributed by atoms with Gasteiger partial charge in [0.15, 0.2) is 5.76 Å². The lowest BCUT2D eigenvalue weighted by Crippen LogP contribution is -2.03. The normalized spacial score (nSPS) is 10.6. The van der Waals surface area contributed by atoms with Crippen molar-refractivity contribution in [2.45, 2.75) is 6.54 Å². The molecule has 3 aromatic rings. The van der Waals surface area contributed by atoms with Crippen molar-refractivity contribution in [3.63, 3.8) is 0 Å². The van der Waals surface area contributed by atoms with Gasteiger partial charge in [-0.3, -0.25) is 10.1 Å². The third-order valence-corrected chi connectivity index (χ3v) is 3.12. The topological polar surface area (TPSA) is 130 Å². The first-order valence-corrected chi connectivity index (χ1v) is 6.40. The number of nitro benzene ring substituents is 1. The number of hydrogen-bond acceptors (Lipinski definition) is 7. The molecular formula is C13H9N5O5. The lowest BCUT2D eigenvalue weighted by molar-refractivity contribution is -0.396. The molecule has 2 aromatic heterocycles. The van der Waals surface area contributed by atoms with Gasteiger partial charge < -0.3 is 14.6 Å². The molecule has 10 heteroatoms. The van der Waals surface area contributed by atoms with Gasteiger partial charge in [-0.2, -0.15) is 0 Å². The number of rotatable bonds is 5. The molecule has 0 aliphatic rings. The van der Waals surface area contributed by atoms with Crippen LogP contribution in [0.3, 0.4) is 0 Å². The number of hydrogen-bond donors (Lipinski definition) is 0. The highest BCUT2D eigenvalue weighted by atomic mass is 16.6. The Morgan fingerprint density at radius 1 is 1.13 bits per heavy atom. The molecule has 0 amide bonds. The Kier molecular flexibility index (Phi) is 3.55. The van der Waals surface area contributed by atoms with Gasteiger partial charge in [0.05, 0.1) is 4.92 Å². The minimum Gasteiger partial charge on any atom is -0.390 e. The molecule has 0 unspecified atom stereocenters. The summed E-state index contributed by atoms with van der Waals surface area (Å²) in [5.41, 5.74) is 1.11. The van der Waals surface area contributed by atoms with E-state index in [2.05, 4.69) is 10.1 Å². The van der Waals surface area contributed by atoms with Crippen LogP contribution in [-0.4, -0.2) is 24.6 Å². The number of aromatic nitrogens is 3. The van der Waals surface area contributed by atoms with E-state index in [9.17, 15) is 20.2 Å². The summed E-state index contributed by atoms with van der Waals surface area (Å²) < 4.78 is 6.47. The molecule has 116 valence electrons. The summed E-state index contributed by atoms with van der Waals surface area (Å²) in [6.45, 7) is 0.107. The monoisotopic (exact) mass is 315 g/mol. The number of nitro groups is 2. The molecule has 0 atom stereocenters. The average Bonchev–Trinajstić information content (AvgIpc) is 3.17. The second kappa shape index (κ2) is 5.67. The number of imidazole rings is 1. The number of non-ortho nitro benzene ring substituents is 1. The maximum absolute atomic E-state index is 10.8. The molecule has 0 spiro atoms. The van der Waals surface area contributed by atoms with Gasteiger partial charge in [0.2, 0.25) is 0 Å². The highest BCUT2D eigenvalue weighted by Gasteiger charge is 2.17. The van der Waals surface area contributed by atoms with Crippen molar-refractivity contribution < 1.29 is 14.4 Å². The van der Waals surface area contributed by atoms with Crippen LogP contribution in [-0.2, 0) is 6.54 Å². The predicted molar refractivity (Wildman–Crippen MR) is 76.6 cm³/mol. The van der Waals surface area contributed by atoms with Crippen molar-refractivity contribution in [2.24, 2.45) is 0 Å². The molecule has 0 bridgehead atoms. The van der Waals surface area contributed by atoms with Crippen LogP contribution in [0.2, 0.25) is 0 Å². The quantitative estimate of drug-likeness (QED) is 0.521. The first kappa shape index (κ1) is 14.4. The molecule has 0 fully saturated rings. The predicted octanol–water partition coefficient (Wildman–Crippen LogP) is 2.40. The van der Waals surface area contributed by atoms with Crippen LogP contribution in [0.5, 0.6) is 0 Å². The van der Waals surface area contributed by atoms with Crippen LogP contribution in [0, 0.1) is 20.2 Å². The lowest BCUT2D eigenvalue weighted by atomic mass is 10.1. The van der Waals surface area contributed by atoms with Gasteiger partial charge in [0.1, 0.15) is 24.6 Å². The third-order valence-electron chi connectivity index (χ3n) is 3.12. The standard InChI is InChI=1S/C13H9N5O5/c19-17(20)10-3-1-9(2-4-10)12-7-11(23-15-12)8-16-6-5-14-13(16)18(21)22/h1-7H,8H2. The highest BCUT2D eigenvalue weighted by Crippen LogP contribution is 2.23. The number of benzene rings is 1. The lowest BCUT2D eigenvalue weighted by Gasteiger charge is -1.97. The minimum absolute atomic E-state index is 0.0218. The Morgan fingerprint density at radius 3 is 2.52 bits per heavy atom. The van der Waals surface area contributed by atoms with E-state index in [4.69, 9.17) is 4.52 Å². The van der Waals surface area contributed by atoms with Crippen molar-refractivity contribution >= 4 is 11.6 Å². The Labute approximate surface area is 128 Å². The van der Waals surface area contributed by atoms with E-state index in [-0.39, 0.29) is 18.2 Å². The van der Waals surface area contributed by atoms with Crippen LogP contribution in [0.4, 0.5) is 11.6 Å². The second-order valence-electron chi connectivity index (χ2n) is 4.59. The van der Waals surface area contributed by atoms with Crippen LogP contribution < -0.4 is 0 Å². The van der Waals surface area contributed by atoms with E-state index in [1.807, 2.05) is 0 Å². The largest absolute Gasteiger partial charge is 0.434 e. The van der Waals surface area contributed by atoms with Crippen LogP contribution in [0.15, 0.2) is 47.2 Å². The van der Waals surface area contributed by atoms with Crippen molar-refractivity contribution in [2.75, 3.05) is 0 Å². The molecule has 23 heavy (non-hydrogen) atoms. The SMILES string of the molecule is O=[N+]([O-])c1ccc(-c2cc(Cn3ccnc3[N+](=O)[O-])on2)cc1. The molecule has 0 N–H and O–H groups in total. The van der Waals surface area contributed by atoms with Gasteiger partial charge >= 0.3 is 5.95 Å². The smallest absolute Gasteiger partial charge is 0.390 e. The molecule has 0 saturated heterocycles. The van der Waals surface area contributed by atoms with Crippen LogP contribution >= 0.6 is 0 Å². The van der Waals surface area contributed by atoms with Gasteiger partial charge in [0, 0.05) is 23.8 Å². The molecule has 0 aliphatic heterocycles. The van der Waals surface area contributed by atoms with Gasteiger partial charge in [-0.15, -0.1) is 0 Å². The van der Waals surface area contributed by atoms with E-state index in [0.717, 1.165) is 0 Å². The molecule has 0 radical (unpaired) electrons. The number of nitrogens with zero attached hydrogens (tertiary/aromatic N) is 5. The summed E-state index contributed by atoms with van der Waals surface area (Å²) in [5, 5.41) is 25.3. The first-order chi connectivity index (χ1) is 11.0. The van der Waals surface area contributed by atoms with Gasteiger partial charge in [-0.25, -0.2) is 4.57 Å². The third kappa shape index (κ3) is 2.90. The van der Waals surface area contributed by atoms with Gasteiger partial charge in [0.25, 0.3) is 5.69 Å². The summed E-state index contributed by atoms with van der Waals surface area (Å²) in [7, 11) is 0. The van der Waals surface area contributed by atoms with Crippen molar-refractivity contribution in [1.29, 1.82) is 0 Å². The molecule has 2 heterocycles. The van der Waals surface area contributed by atoms with E-state index >= 15 is 0 Å². The summed E-state index contributed by atoms with van der Waals surface area (Å²) >= 11 is 0. The first-order valence-electron chi connectivity index (χ1n) is 6.40. The highest BCUT2D eigenvalue weighted by molar-refractivity contribution is 5.60. The zero-order valence-electron chi connectivity index (χ0n) is 11.5. The zero-order valence-corrected chi connectivity index (χ0v) is 11.5. The van der Waals surface area contributed by atoms with Gasteiger partial charge in [-0.1, -0.05) is 10.1 Å². The molecule has 1 aromatic carbocycles. The van der Waals surface area contributed by atoms with E-state index in [1.165, 1.54) is 29.1 Å². The van der Waals surface area contributed by atoms with Crippen molar-refractivity contribution in [3.05, 3.63) is 68.7 Å². The van der Waals surface area contributed by atoms with Gasteiger partial charge in [-0.05, 0) is 17.1 Å². The molecular weight excluding hydrogens is 306 g/mol. The van der Waals surface area contributed by atoms with E-state index in [1.54, 1.807) is 18.2 Å². The zero-order chi connectivity index (χ0) is 16.4. The fourth-order valence-electron chi connectivity index (χ4n) is 2.04. The summed E-state index contributed by atoms with van der Waals surface area (Å²) in [6.07, 6.45) is 2.79. The Bertz CT molecular complexity index is 867. The fraction of sp³-hybridized carbons (Fsp3) is 0.0769. The maximum Gasteiger partial charge on any atom is 0.434 e.